The number of nitrogens with one attached hydrogen (secondary N) is 1. The van der Waals surface area contributed by atoms with Crippen molar-refractivity contribution in [1.29, 1.82) is 0 Å². The van der Waals surface area contributed by atoms with Gasteiger partial charge in [0.15, 0.2) is 5.78 Å². The third kappa shape index (κ3) is 11.6. The van der Waals surface area contributed by atoms with Gasteiger partial charge in [0.25, 0.3) is 0 Å². The van der Waals surface area contributed by atoms with Crippen molar-refractivity contribution >= 4 is 23.2 Å². The number of hydrogen-bond donors (Lipinski definition) is 2. The summed E-state index contributed by atoms with van der Waals surface area (Å²) < 4.78 is 39.6. The summed E-state index contributed by atoms with van der Waals surface area (Å²) in [6, 6.07) is 7.47. The second kappa shape index (κ2) is 18.0. The molecule has 0 saturated heterocycles. The molecule has 1 atom stereocenters. The Morgan fingerprint density at radius 1 is 1.00 bits per heavy atom. The van der Waals surface area contributed by atoms with Crippen molar-refractivity contribution in [2.75, 3.05) is 0 Å². The minimum atomic E-state index is -4.23. The predicted molar refractivity (Wildman–Crippen MR) is 184 cm³/mol. The summed E-state index contributed by atoms with van der Waals surface area (Å²) >= 11 is 1.69. The number of ketones is 1. The van der Waals surface area contributed by atoms with Crippen LogP contribution in [0.3, 0.4) is 0 Å². The third-order valence-corrected chi connectivity index (χ3v) is 9.74. The average Bonchev–Trinajstić information content (AvgIpc) is 3.29. The summed E-state index contributed by atoms with van der Waals surface area (Å²) in [4.78, 5) is 14.0. The molecule has 1 aromatic carbocycles. The number of allylic oxidation sites excluding steroid dienone is 2. The van der Waals surface area contributed by atoms with Gasteiger partial charge in [-0.2, -0.15) is 24.8 Å². The first-order chi connectivity index (χ1) is 20.9. The first kappa shape index (κ1) is 42.1. The van der Waals surface area contributed by atoms with Crippen LogP contribution in [0.5, 0.6) is 0 Å². The molecule has 0 saturated carbocycles. The van der Waals surface area contributed by atoms with Gasteiger partial charge < -0.3 is 15.7 Å². The first-order valence-corrected chi connectivity index (χ1v) is 16.9. The molecule has 1 aliphatic heterocycles. The van der Waals surface area contributed by atoms with E-state index < -0.39 is 11.6 Å². The standard InChI is InChI=1S/C24H29F3N2S.C13H24O2.Ir/c1-15-18-11-12-28-21(29-14-22(2,3)4)20(18)30-19(15)17-9-7-16(8-10-17)13-23(5,6)24(25,26)27;1-5-10(6-2)12(14)9-13(15)11(7-3)8-4;/h7-12,14,21,29H,13H2,1-6H3;9-11,14H,5-8H2,1-4H3;/q-2;;/b;12-9-;. The summed E-state index contributed by atoms with van der Waals surface area (Å²) in [5.74, 6) is 0.547. The van der Waals surface area contributed by atoms with Gasteiger partial charge in [0.05, 0.1) is 11.2 Å². The van der Waals surface area contributed by atoms with E-state index in [2.05, 4.69) is 44.9 Å². The molecule has 4 nitrogen and oxygen atoms in total. The Morgan fingerprint density at radius 3 is 2.02 bits per heavy atom. The first-order valence-electron chi connectivity index (χ1n) is 16.1. The summed E-state index contributed by atoms with van der Waals surface area (Å²) in [7, 11) is 0. The fourth-order valence-electron chi connectivity index (χ4n) is 5.12. The van der Waals surface area contributed by atoms with Crippen molar-refractivity contribution in [3.05, 3.63) is 75.7 Å². The zero-order valence-electron chi connectivity index (χ0n) is 29.1. The smallest absolute Gasteiger partial charge is 0.394 e. The van der Waals surface area contributed by atoms with E-state index in [1.165, 1.54) is 31.1 Å². The van der Waals surface area contributed by atoms with Gasteiger partial charge in [0, 0.05) is 47.8 Å². The topological polar surface area (TPSA) is 63.4 Å². The summed E-state index contributed by atoms with van der Waals surface area (Å²) in [5.41, 5.74) is 2.34. The number of carbonyl (C=O) groups excluding carboxylic acids is 1. The van der Waals surface area contributed by atoms with Crippen molar-refractivity contribution in [3.63, 3.8) is 0 Å². The molecule has 0 aliphatic carbocycles. The Labute approximate surface area is 293 Å². The maximum atomic E-state index is 13.2. The van der Waals surface area contributed by atoms with Crippen LogP contribution in [-0.4, -0.2) is 17.1 Å². The van der Waals surface area contributed by atoms with Crippen LogP contribution in [0.25, 0.3) is 21.8 Å². The number of benzene rings is 1. The monoisotopic (exact) mass is 839 g/mol. The van der Waals surface area contributed by atoms with E-state index in [0.717, 1.165) is 41.0 Å². The van der Waals surface area contributed by atoms with E-state index in [1.807, 2.05) is 64.2 Å². The van der Waals surface area contributed by atoms with Crippen LogP contribution in [0.1, 0.15) is 116 Å². The normalized spacial score (nSPS) is 15.2. The number of rotatable bonds is 12. The molecule has 1 aliphatic rings. The number of halogens is 3. The predicted octanol–water partition coefficient (Wildman–Crippen LogP) is 11.9. The molecule has 0 amide bonds. The quantitative estimate of drug-likeness (QED) is 0.127. The fourth-order valence-corrected chi connectivity index (χ4v) is 6.43. The van der Waals surface area contributed by atoms with Crippen LogP contribution in [0, 0.1) is 36.1 Å². The maximum absolute atomic E-state index is 13.2. The van der Waals surface area contributed by atoms with Gasteiger partial charge in [-0.15, -0.1) is 11.3 Å². The van der Waals surface area contributed by atoms with E-state index in [-0.39, 0.29) is 61.5 Å². The second-order valence-electron chi connectivity index (χ2n) is 13.6. The van der Waals surface area contributed by atoms with E-state index in [0.29, 0.717) is 5.56 Å². The van der Waals surface area contributed by atoms with Crippen LogP contribution in [0.4, 0.5) is 13.2 Å². The number of hydrogen-bond acceptors (Lipinski definition) is 4. The van der Waals surface area contributed by atoms with Crippen LogP contribution in [0.2, 0.25) is 0 Å². The summed E-state index contributed by atoms with van der Waals surface area (Å²) in [6.45, 7) is 21.1. The number of fused-ring (bicyclic) bond motifs is 1. The SMILES string of the molecule is CCC(CC)C(=O)/C=C(\O)C(CC)CC.Cc1c(-c2ccc(CC(C)(C)C(F)(F)F)cc2)sc2c1C=C[N-]C2N[CH-]C(C)(C)C.[Ir]. The molecular weight excluding hydrogens is 786 g/mol. The van der Waals surface area contributed by atoms with Crippen LogP contribution < -0.4 is 5.32 Å². The van der Waals surface area contributed by atoms with Gasteiger partial charge in [0.2, 0.25) is 0 Å². The zero-order chi connectivity index (χ0) is 34.2. The van der Waals surface area contributed by atoms with Crippen molar-refractivity contribution in [3.8, 4) is 10.4 Å². The molecule has 2 N–H and O–H groups in total. The van der Waals surface area contributed by atoms with Crippen LogP contribution in [-0.2, 0) is 31.3 Å². The van der Waals surface area contributed by atoms with Gasteiger partial charge in [-0.05, 0) is 61.3 Å². The number of nitrogens with zero attached hydrogens (tertiary/aromatic N) is 1. The number of thiophene rings is 1. The van der Waals surface area contributed by atoms with Crippen LogP contribution >= 0.6 is 11.3 Å². The Bertz CT molecular complexity index is 1300. The van der Waals surface area contributed by atoms with Crippen molar-refractivity contribution < 1.29 is 43.2 Å². The van der Waals surface area contributed by atoms with E-state index in [4.69, 9.17) is 0 Å². The molecular formula is C37H53F3IrN2O2S-2. The molecule has 261 valence electrons. The number of carbonyl (C=O) groups is 1. The molecule has 0 fully saturated rings. The van der Waals surface area contributed by atoms with Crippen molar-refractivity contribution in [1.82, 2.24) is 5.32 Å². The molecule has 0 spiro atoms. The Hall–Kier alpha value is -1.93. The van der Waals surface area contributed by atoms with Crippen molar-refractivity contribution in [2.24, 2.45) is 22.7 Å². The molecule has 1 radical (unpaired) electrons. The maximum Gasteiger partial charge on any atom is 0.394 e. The van der Waals surface area contributed by atoms with Crippen LogP contribution in [0.15, 0.2) is 42.3 Å². The van der Waals surface area contributed by atoms with E-state index in [9.17, 15) is 23.1 Å². The zero-order valence-corrected chi connectivity index (χ0v) is 32.3. The summed E-state index contributed by atoms with van der Waals surface area (Å²) in [5, 5.41) is 17.8. The van der Waals surface area contributed by atoms with Gasteiger partial charge in [-0.25, -0.2) is 0 Å². The fraction of sp³-hybridized carbons (Fsp3) is 0.568. The van der Waals surface area contributed by atoms with E-state index in [1.54, 1.807) is 11.3 Å². The molecule has 1 unspecified atom stereocenters. The van der Waals surface area contributed by atoms with Gasteiger partial charge in [-0.3, -0.25) is 11.3 Å². The number of alkyl halides is 3. The van der Waals surface area contributed by atoms with Crippen molar-refractivity contribution in [2.45, 2.75) is 114 Å². The number of aliphatic hydroxyl groups is 1. The molecule has 3 rings (SSSR count). The molecule has 46 heavy (non-hydrogen) atoms. The van der Waals surface area contributed by atoms with Gasteiger partial charge in [0.1, 0.15) is 0 Å². The van der Waals surface area contributed by atoms with E-state index >= 15 is 0 Å². The molecule has 1 aromatic heterocycles. The molecule has 2 heterocycles. The largest absolute Gasteiger partial charge is 0.674 e. The Balaban J connectivity index is 0.000000564. The van der Waals surface area contributed by atoms with Gasteiger partial charge >= 0.3 is 6.18 Å². The third-order valence-electron chi connectivity index (χ3n) is 8.33. The number of aliphatic hydroxyl groups excluding tert-OH is 1. The Morgan fingerprint density at radius 2 is 1.54 bits per heavy atom. The minimum Gasteiger partial charge on any atom is -0.674 e. The molecule has 2 aromatic rings. The molecule has 0 bridgehead atoms. The summed E-state index contributed by atoms with van der Waals surface area (Å²) in [6.07, 6.45) is 4.39. The average molecular weight is 839 g/mol. The minimum absolute atomic E-state index is 0. The second-order valence-corrected chi connectivity index (χ2v) is 14.7. The molecule has 9 heteroatoms. The Kier molecular flexibility index (Phi) is 16.5. The van der Waals surface area contributed by atoms with Gasteiger partial charge in [-0.1, -0.05) is 98.8 Å².